The van der Waals surface area contributed by atoms with Gasteiger partial charge in [0, 0.05) is 0 Å². The Balaban J connectivity index is 3.01. The molecule has 0 bridgehead atoms. The normalized spacial score (nSPS) is 13.9. The van der Waals surface area contributed by atoms with Crippen LogP contribution in [0.3, 0.4) is 0 Å². The Bertz CT molecular complexity index is 426. The van der Waals surface area contributed by atoms with Crippen LogP contribution in [0.1, 0.15) is 49.0 Å². The first-order valence-electron chi connectivity index (χ1n) is 6.84. The number of unbranched alkanes of at least 4 members (excludes halogenated alkanes) is 1. The first kappa shape index (κ1) is 15.7. The van der Waals surface area contributed by atoms with Crippen LogP contribution in [0.2, 0.25) is 0 Å². The number of aryl methyl sites for hydroxylation is 1. The molecule has 1 aromatic rings. The third-order valence-corrected chi connectivity index (χ3v) is 3.72. The minimum atomic E-state index is -0.793. The summed E-state index contributed by atoms with van der Waals surface area (Å²) in [4.78, 5) is 11.8. The lowest BCUT2D eigenvalue weighted by Gasteiger charge is -2.23. The number of carbonyl (C=O) groups excluding carboxylic acids is 1. The van der Waals surface area contributed by atoms with E-state index in [-0.39, 0.29) is 5.97 Å². The van der Waals surface area contributed by atoms with Crippen molar-refractivity contribution in [1.82, 2.24) is 0 Å². The number of hydrogen-bond donors (Lipinski definition) is 1. The molecule has 3 nitrogen and oxygen atoms in total. The van der Waals surface area contributed by atoms with E-state index in [0.717, 1.165) is 29.5 Å². The summed E-state index contributed by atoms with van der Waals surface area (Å²) in [5, 5.41) is 10.5. The van der Waals surface area contributed by atoms with Crippen molar-refractivity contribution in [3.8, 4) is 0 Å². The second kappa shape index (κ2) is 7.29. The van der Waals surface area contributed by atoms with E-state index in [1.165, 1.54) is 7.11 Å². The zero-order valence-corrected chi connectivity index (χ0v) is 12.3. The Morgan fingerprint density at radius 2 is 2.05 bits per heavy atom. The van der Waals surface area contributed by atoms with E-state index in [9.17, 15) is 9.90 Å². The van der Waals surface area contributed by atoms with Gasteiger partial charge >= 0.3 is 5.97 Å². The maximum absolute atomic E-state index is 11.8. The van der Waals surface area contributed by atoms with Gasteiger partial charge in [-0.3, -0.25) is 4.79 Å². The number of rotatable bonds is 6. The molecule has 0 saturated heterocycles. The smallest absolute Gasteiger partial charge is 0.311 e. The van der Waals surface area contributed by atoms with Crippen molar-refractivity contribution in [2.45, 2.75) is 46.1 Å². The molecule has 0 aliphatic heterocycles. The van der Waals surface area contributed by atoms with Crippen LogP contribution in [0.15, 0.2) is 18.2 Å². The van der Waals surface area contributed by atoms with Crippen molar-refractivity contribution < 1.29 is 14.6 Å². The molecule has 3 heteroatoms. The fourth-order valence-corrected chi connectivity index (χ4v) is 2.29. The molecular weight excluding hydrogens is 240 g/mol. The molecule has 0 spiro atoms. The molecule has 0 fully saturated rings. The Hall–Kier alpha value is -1.35. The molecule has 0 amide bonds. The van der Waals surface area contributed by atoms with Crippen LogP contribution in [-0.4, -0.2) is 18.2 Å². The first-order valence-corrected chi connectivity index (χ1v) is 6.84. The maximum Gasteiger partial charge on any atom is 0.311 e. The molecule has 0 saturated carbocycles. The largest absolute Gasteiger partial charge is 0.469 e. The summed E-state index contributed by atoms with van der Waals surface area (Å²) in [6.07, 6.45) is 1.76. The summed E-state index contributed by atoms with van der Waals surface area (Å²) in [6, 6.07) is 5.80. The molecular formula is C16H24O3. The van der Waals surface area contributed by atoms with E-state index in [1.807, 2.05) is 32.0 Å². The topological polar surface area (TPSA) is 46.5 Å². The molecule has 1 aromatic carbocycles. The Morgan fingerprint density at radius 3 is 2.63 bits per heavy atom. The number of ether oxygens (including phenoxy) is 1. The van der Waals surface area contributed by atoms with E-state index >= 15 is 0 Å². The summed E-state index contributed by atoms with van der Waals surface area (Å²) < 4.78 is 4.82. The number of carbonyl (C=O) groups is 1. The van der Waals surface area contributed by atoms with Crippen LogP contribution >= 0.6 is 0 Å². The van der Waals surface area contributed by atoms with Crippen molar-refractivity contribution in [3.63, 3.8) is 0 Å². The van der Waals surface area contributed by atoms with Crippen LogP contribution in [0.5, 0.6) is 0 Å². The zero-order chi connectivity index (χ0) is 14.4. The van der Waals surface area contributed by atoms with Crippen molar-refractivity contribution in [1.29, 1.82) is 0 Å². The first-order chi connectivity index (χ1) is 9.02. The Kier molecular flexibility index (Phi) is 6.03. The molecule has 19 heavy (non-hydrogen) atoms. The minimum Gasteiger partial charge on any atom is -0.469 e. The fourth-order valence-electron chi connectivity index (χ4n) is 2.29. The standard InChI is InChI=1S/C16H24O3/c1-5-6-9-14(16(18)19-4)15(17)13-10-7-8-11(2)12(13)3/h7-8,10,14-15,17H,5-6,9H2,1-4H3. The molecule has 0 aromatic heterocycles. The number of aliphatic hydroxyl groups is 1. The van der Waals surface area contributed by atoms with Crippen LogP contribution in [0.25, 0.3) is 0 Å². The van der Waals surface area contributed by atoms with Crippen molar-refractivity contribution >= 4 is 5.97 Å². The molecule has 0 radical (unpaired) electrons. The van der Waals surface area contributed by atoms with E-state index in [2.05, 4.69) is 6.92 Å². The minimum absolute atomic E-state index is 0.332. The second-order valence-electron chi connectivity index (χ2n) is 5.01. The summed E-state index contributed by atoms with van der Waals surface area (Å²) in [5.74, 6) is -0.813. The molecule has 2 unspecified atom stereocenters. The summed E-state index contributed by atoms with van der Waals surface area (Å²) >= 11 is 0. The van der Waals surface area contributed by atoms with Crippen LogP contribution in [-0.2, 0) is 9.53 Å². The van der Waals surface area contributed by atoms with E-state index in [4.69, 9.17) is 4.74 Å². The van der Waals surface area contributed by atoms with Gasteiger partial charge in [-0.25, -0.2) is 0 Å². The summed E-state index contributed by atoms with van der Waals surface area (Å²) in [6.45, 7) is 6.05. The molecule has 0 aliphatic carbocycles. The van der Waals surface area contributed by atoms with Crippen molar-refractivity contribution in [3.05, 3.63) is 34.9 Å². The van der Waals surface area contributed by atoms with E-state index < -0.39 is 12.0 Å². The lowest BCUT2D eigenvalue weighted by molar-refractivity contribution is -0.150. The fraction of sp³-hybridized carbons (Fsp3) is 0.562. The number of benzene rings is 1. The SMILES string of the molecule is CCCCC(C(=O)OC)C(O)c1cccc(C)c1C. The van der Waals surface area contributed by atoms with Gasteiger partial charge in [0.25, 0.3) is 0 Å². The molecule has 0 heterocycles. The van der Waals surface area contributed by atoms with Crippen LogP contribution in [0.4, 0.5) is 0 Å². The highest BCUT2D eigenvalue weighted by Crippen LogP contribution is 2.30. The van der Waals surface area contributed by atoms with Gasteiger partial charge < -0.3 is 9.84 Å². The van der Waals surface area contributed by atoms with Gasteiger partial charge in [0.1, 0.15) is 0 Å². The highest BCUT2D eigenvalue weighted by molar-refractivity contribution is 5.73. The number of esters is 1. The molecule has 1 rings (SSSR count). The average Bonchev–Trinajstić information content (AvgIpc) is 2.41. The quantitative estimate of drug-likeness (QED) is 0.802. The summed E-state index contributed by atoms with van der Waals surface area (Å²) in [7, 11) is 1.37. The molecule has 0 aliphatic rings. The molecule has 106 valence electrons. The van der Waals surface area contributed by atoms with Crippen LogP contribution < -0.4 is 0 Å². The number of hydrogen-bond acceptors (Lipinski definition) is 3. The zero-order valence-electron chi connectivity index (χ0n) is 12.3. The van der Waals surface area contributed by atoms with Crippen molar-refractivity contribution in [2.75, 3.05) is 7.11 Å². The summed E-state index contributed by atoms with van der Waals surface area (Å²) in [5.41, 5.74) is 2.99. The lowest BCUT2D eigenvalue weighted by Crippen LogP contribution is -2.24. The Morgan fingerprint density at radius 1 is 1.37 bits per heavy atom. The van der Waals surface area contributed by atoms with Gasteiger partial charge in [-0.15, -0.1) is 0 Å². The van der Waals surface area contributed by atoms with Gasteiger partial charge in [0.15, 0.2) is 0 Å². The van der Waals surface area contributed by atoms with Gasteiger partial charge in [0.05, 0.1) is 19.1 Å². The third-order valence-electron chi connectivity index (χ3n) is 3.72. The van der Waals surface area contributed by atoms with Gasteiger partial charge in [0.2, 0.25) is 0 Å². The molecule has 1 N–H and O–H groups in total. The maximum atomic E-state index is 11.8. The third kappa shape index (κ3) is 3.80. The molecule has 2 atom stereocenters. The second-order valence-corrected chi connectivity index (χ2v) is 5.01. The highest BCUT2D eigenvalue weighted by Gasteiger charge is 2.29. The number of methoxy groups -OCH3 is 1. The Labute approximate surface area is 115 Å². The van der Waals surface area contributed by atoms with Gasteiger partial charge in [-0.1, -0.05) is 38.0 Å². The predicted molar refractivity (Wildman–Crippen MR) is 75.9 cm³/mol. The average molecular weight is 264 g/mol. The van der Waals surface area contributed by atoms with Gasteiger partial charge in [-0.2, -0.15) is 0 Å². The monoisotopic (exact) mass is 264 g/mol. The van der Waals surface area contributed by atoms with E-state index in [0.29, 0.717) is 6.42 Å². The highest BCUT2D eigenvalue weighted by atomic mass is 16.5. The lowest BCUT2D eigenvalue weighted by atomic mass is 9.88. The van der Waals surface area contributed by atoms with Crippen molar-refractivity contribution in [2.24, 2.45) is 5.92 Å². The van der Waals surface area contributed by atoms with Crippen LogP contribution in [0, 0.1) is 19.8 Å². The number of aliphatic hydroxyl groups excluding tert-OH is 1. The van der Waals surface area contributed by atoms with Gasteiger partial charge in [-0.05, 0) is 37.0 Å². The van der Waals surface area contributed by atoms with E-state index in [1.54, 1.807) is 0 Å². The predicted octanol–water partition coefficient (Wildman–Crippen LogP) is 3.32.